The molecule has 93 heavy (non-hydrogen) atoms. The molecule has 17 nitrogen and oxygen atoms in total. The summed E-state index contributed by atoms with van der Waals surface area (Å²) in [6, 6.07) is 0. The van der Waals surface area contributed by atoms with E-state index in [0.717, 1.165) is 108 Å². The van der Waals surface area contributed by atoms with E-state index in [4.69, 9.17) is 37.0 Å². The maximum atomic E-state index is 13.1. The predicted octanol–water partition coefficient (Wildman–Crippen LogP) is 21.6. The molecule has 0 bridgehead atoms. The van der Waals surface area contributed by atoms with Crippen LogP contribution in [-0.4, -0.2) is 96.7 Å². The molecule has 3 unspecified atom stereocenters. The molecule has 0 amide bonds. The highest BCUT2D eigenvalue weighted by molar-refractivity contribution is 7.47. The van der Waals surface area contributed by atoms with E-state index in [1.807, 2.05) is 0 Å². The molecule has 0 aliphatic carbocycles. The molecule has 0 aromatic heterocycles. The quantitative estimate of drug-likeness (QED) is 0.0222. The van der Waals surface area contributed by atoms with Gasteiger partial charge in [-0.2, -0.15) is 0 Å². The predicted molar refractivity (Wildman–Crippen MR) is 377 cm³/mol. The van der Waals surface area contributed by atoms with E-state index < -0.39 is 97.5 Å². The third-order valence-corrected chi connectivity index (χ3v) is 19.5. The van der Waals surface area contributed by atoms with Gasteiger partial charge in [0.05, 0.1) is 26.4 Å². The van der Waals surface area contributed by atoms with Crippen molar-refractivity contribution in [3.63, 3.8) is 0 Å². The van der Waals surface area contributed by atoms with Crippen LogP contribution in [0.1, 0.15) is 382 Å². The van der Waals surface area contributed by atoms with E-state index in [1.165, 1.54) is 193 Å². The van der Waals surface area contributed by atoms with Gasteiger partial charge in [-0.3, -0.25) is 37.3 Å². The Balaban J connectivity index is 5.24. The fraction of sp³-hybridized carbons (Fsp3) is 0.946. The maximum absolute atomic E-state index is 13.1. The Kier molecular flexibility index (Phi) is 64.6. The first kappa shape index (κ1) is 91.1. The smallest absolute Gasteiger partial charge is 0.462 e. The van der Waals surface area contributed by atoms with Gasteiger partial charge in [0.15, 0.2) is 12.2 Å². The van der Waals surface area contributed by atoms with Crippen LogP contribution < -0.4 is 0 Å². The van der Waals surface area contributed by atoms with Crippen molar-refractivity contribution in [2.75, 3.05) is 39.6 Å². The van der Waals surface area contributed by atoms with Crippen LogP contribution in [0.4, 0.5) is 0 Å². The van der Waals surface area contributed by atoms with E-state index in [-0.39, 0.29) is 25.7 Å². The number of carbonyl (C=O) groups excluding carboxylic acids is 4. The van der Waals surface area contributed by atoms with Gasteiger partial charge in [0, 0.05) is 25.7 Å². The highest BCUT2D eigenvalue weighted by atomic mass is 31.2. The lowest BCUT2D eigenvalue weighted by Crippen LogP contribution is -2.30. The molecule has 552 valence electrons. The first-order valence-electron chi connectivity index (χ1n) is 38.5. The van der Waals surface area contributed by atoms with Gasteiger partial charge in [-0.25, -0.2) is 9.13 Å². The van der Waals surface area contributed by atoms with E-state index in [2.05, 4.69) is 41.5 Å². The second-order valence-corrected chi connectivity index (χ2v) is 30.3. The van der Waals surface area contributed by atoms with Crippen LogP contribution in [-0.2, 0) is 65.4 Å². The van der Waals surface area contributed by atoms with Crippen LogP contribution in [0.5, 0.6) is 0 Å². The van der Waals surface area contributed by atoms with Crippen LogP contribution >= 0.6 is 15.6 Å². The number of phosphoric acid groups is 2. The lowest BCUT2D eigenvalue weighted by molar-refractivity contribution is -0.161. The molecular weight excluding hydrogens is 1220 g/mol. The van der Waals surface area contributed by atoms with E-state index >= 15 is 0 Å². The lowest BCUT2D eigenvalue weighted by Gasteiger charge is -2.21. The average Bonchev–Trinajstić information content (AvgIpc) is 2.33. The van der Waals surface area contributed by atoms with E-state index in [0.29, 0.717) is 25.7 Å². The number of rotatable bonds is 73. The number of unbranched alkanes of at least 4 members (excludes halogenated alkanes) is 42. The Labute approximate surface area is 568 Å². The second-order valence-electron chi connectivity index (χ2n) is 27.4. The van der Waals surface area contributed by atoms with Crippen molar-refractivity contribution in [3.8, 4) is 0 Å². The number of hydrogen-bond donors (Lipinski definition) is 3. The highest BCUT2D eigenvalue weighted by Gasteiger charge is 2.30. The Morgan fingerprint density at radius 1 is 0.312 bits per heavy atom. The normalized spacial score (nSPS) is 14.3. The number of hydrogen-bond acceptors (Lipinski definition) is 15. The molecule has 0 rings (SSSR count). The molecule has 0 heterocycles. The number of aliphatic hydroxyl groups is 1. The van der Waals surface area contributed by atoms with Crippen LogP contribution in [0.25, 0.3) is 0 Å². The molecule has 0 aromatic carbocycles. The fourth-order valence-electron chi connectivity index (χ4n) is 11.3. The van der Waals surface area contributed by atoms with Crippen LogP contribution in [0.2, 0.25) is 0 Å². The molecular formula is C74H144O17P2. The summed E-state index contributed by atoms with van der Waals surface area (Å²) >= 11 is 0. The van der Waals surface area contributed by atoms with Gasteiger partial charge in [0.2, 0.25) is 0 Å². The van der Waals surface area contributed by atoms with Crippen molar-refractivity contribution in [1.29, 1.82) is 0 Å². The largest absolute Gasteiger partial charge is 0.472 e. The summed E-state index contributed by atoms with van der Waals surface area (Å²) in [5, 5.41) is 10.6. The molecule has 3 N–H and O–H groups in total. The lowest BCUT2D eigenvalue weighted by atomic mass is 10.00. The van der Waals surface area contributed by atoms with Crippen molar-refractivity contribution in [1.82, 2.24) is 0 Å². The number of carbonyl (C=O) groups is 4. The van der Waals surface area contributed by atoms with E-state index in [1.54, 1.807) is 0 Å². The first-order valence-corrected chi connectivity index (χ1v) is 41.5. The Morgan fingerprint density at radius 2 is 0.548 bits per heavy atom. The number of aliphatic hydroxyl groups excluding tert-OH is 1. The maximum Gasteiger partial charge on any atom is 0.472 e. The van der Waals surface area contributed by atoms with Gasteiger partial charge < -0.3 is 33.8 Å². The molecule has 0 fully saturated rings. The zero-order valence-corrected chi connectivity index (χ0v) is 62.3. The molecule has 6 atom stereocenters. The van der Waals surface area contributed by atoms with Gasteiger partial charge in [-0.1, -0.05) is 330 Å². The van der Waals surface area contributed by atoms with Crippen LogP contribution in [0.3, 0.4) is 0 Å². The standard InChI is InChI=1S/C74H144O17P2/c1-7-10-12-14-16-18-20-22-24-26-28-30-32-37-44-50-56-71(76)84-62-69(90-73(78)58-52-46-38-33-31-29-27-25-23-21-19-17-15-13-11-8-2)64-88-92(80,81)86-60-68(75)61-87-93(82,83)89-65-70(63-85-72(77)57-51-45-41-40-43-49-55-67(6)9-3)91-74(79)59-53-47-39-35-34-36-42-48-54-66(4)5/h66-70,75H,7-65H2,1-6H3,(H,80,81)(H,82,83)/t67?,68-,69-,70-/m1/s1. The Morgan fingerprint density at radius 3 is 0.817 bits per heavy atom. The second kappa shape index (κ2) is 66.0. The monoisotopic (exact) mass is 1370 g/mol. The third-order valence-electron chi connectivity index (χ3n) is 17.6. The van der Waals surface area contributed by atoms with Gasteiger partial charge >= 0.3 is 39.5 Å². The van der Waals surface area contributed by atoms with Crippen molar-refractivity contribution in [2.24, 2.45) is 11.8 Å². The van der Waals surface area contributed by atoms with Crippen molar-refractivity contribution in [3.05, 3.63) is 0 Å². The molecule has 0 aliphatic rings. The molecule has 0 aliphatic heterocycles. The zero-order valence-electron chi connectivity index (χ0n) is 60.6. The first-order chi connectivity index (χ1) is 44.9. The van der Waals surface area contributed by atoms with Gasteiger partial charge in [0.25, 0.3) is 0 Å². The Hall–Kier alpha value is -1.94. The van der Waals surface area contributed by atoms with Crippen molar-refractivity contribution in [2.45, 2.75) is 400 Å². The minimum atomic E-state index is -4.96. The minimum absolute atomic E-state index is 0.104. The summed E-state index contributed by atoms with van der Waals surface area (Å²) in [4.78, 5) is 72.7. The van der Waals surface area contributed by atoms with Crippen LogP contribution in [0.15, 0.2) is 0 Å². The number of phosphoric ester groups is 2. The topological polar surface area (TPSA) is 237 Å². The molecule has 0 spiro atoms. The minimum Gasteiger partial charge on any atom is -0.462 e. The third kappa shape index (κ3) is 67.0. The highest BCUT2D eigenvalue weighted by Crippen LogP contribution is 2.45. The van der Waals surface area contributed by atoms with Gasteiger partial charge in [-0.15, -0.1) is 0 Å². The van der Waals surface area contributed by atoms with Gasteiger partial charge in [0.1, 0.15) is 19.3 Å². The SMILES string of the molecule is CCCCCCCCCCCCCCCCCCC(=O)OC[C@H](COP(=O)(O)OC[C@@H](O)COP(=O)(O)OC[C@@H](COC(=O)CCCCCCCCC(C)CC)OC(=O)CCCCCCCCCCC(C)C)OC(=O)CCCCCCCCCCCCCCCCCC. The van der Waals surface area contributed by atoms with E-state index in [9.17, 15) is 43.2 Å². The number of esters is 4. The number of ether oxygens (including phenoxy) is 4. The fourth-order valence-corrected chi connectivity index (χ4v) is 12.8. The van der Waals surface area contributed by atoms with Crippen LogP contribution in [0, 0.1) is 11.8 Å². The molecule has 0 aromatic rings. The summed E-state index contributed by atoms with van der Waals surface area (Å²) in [5.41, 5.74) is 0. The van der Waals surface area contributed by atoms with Crippen molar-refractivity contribution < 1.29 is 80.2 Å². The summed E-state index contributed by atoms with van der Waals surface area (Å²) < 4.78 is 68.4. The Bertz CT molecular complexity index is 1810. The summed E-state index contributed by atoms with van der Waals surface area (Å²) in [6.07, 6.45) is 52.8. The molecule has 0 radical (unpaired) electrons. The zero-order chi connectivity index (χ0) is 68.6. The average molecular weight is 1370 g/mol. The summed E-state index contributed by atoms with van der Waals surface area (Å²) in [5.74, 6) is -0.671. The molecule has 19 heteroatoms. The molecule has 0 saturated heterocycles. The summed E-state index contributed by atoms with van der Waals surface area (Å²) in [6.45, 7) is 9.50. The summed E-state index contributed by atoms with van der Waals surface area (Å²) in [7, 11) is -9.91. The van der Waals surface area contributed by atoms with Gasteiger partial charge in [-0.05, 0) is 37.5 Å². The molecule has 0 saturated carbocycles. The van der Waals surface area contributed by atoms with Crippen molar-refractivity contribution >= 4 is 39.5 Å².